The van der Waals surface area contributed by atoms with Crippen molar-refractivity contribution in [2.45, 2.75) is 45.2 Å². The standard InChI is InChI=1S/C15H23ClN2/c1-3-17-11-12-10-13(16)8-9-15(12)18(2)14-6-4-5-7-14/h8-10,14,17H,3-7,11H2,1-2H3. The molecule has 3 heteroatoms. The van der Waals surface area contributed by atoms with Crippen molar-refractivity contribution in [3.05, 3.63) is 28.8 Å². The van der Waals surface area contributed by atoms with Crippen molar-refractivity contribution in [2.24, 2.45) is 0 Å². The average molecular weight is 267 g/mol. The molecule has 1 aliphatic carbocycles. The summed E-state index contributed by atoms with van der Waals surface area (Å²) >= 11 is 6.11. The first-order valence-electron chi connectivity index (χ1n) is 6.94. The average Bonchev–Trinajstić information content (AvgIpc) is 2.89. The summed E-state index contributed by atoms with van der Waals surface area (Å²) < 4.78 is 0. The largest absolute Gasteiger partial charge is 0.371 e. The molecule has 0 aliphatic heterocycles. The molecular formula is C15H23ClN2. The van der Waals surface area contributed by atoms with Crippen LogP contribution in [-0.2, 0) is 6.54 Å². The molecule has 1 aromatic rings. The van der Waals surface area contributed by atoms with Gasteiger partial charge in [0.25, 0.3) is 0 Å². The summed E-state index contributed by atoms with van der Waals surface area (Å²) in [5.41, 5.74) is 2.63. The fourth-order valence-corrected chi connectivity index (χ4v) is 2.98. The van der Waals surface area contributed by atoms with Gasteiger partial charge in [0.1, 0.15) is 0 Å². The smallest absolute Gasteiger partial charge is 0.0412 e. The maximum atomic E-state index is 6.11. The summed E-state index contributed by atoms with van der Waals surface area (Å²) in [7, 11) is 2.22. The zero-order valence-corrected chi connectivity index (χ0v) is 12.1. The molecule has 1 N–H and O–H groups in total. The Hall–Kier alpha value is -0.730. The third-order valence-corrected chi connectivity index (χ3v) is 4.09. The molecule has 2 nitrogen and oxygen atoms in total. The van der Waals surface area contributed by atoms with Crippen LogP contribution in [0.1, 0.15) is 38.2 Å². The first-order chi connectivity index (χ1) is 8.72. The van der Waals surface area contributed by atoms with Gasteiger partial charge in [0.05, 0.1) is 0 Å². The second-order valence-corrected chi connectivity index (χ2v) is 5.54. The minimum absolute atomic E-state index is 0.701. The molecule has 1 fully saturated rings. The van der Waals surface area contributed by atoms with Gasteiger partial charge in [0.2, 0.25) is 0 Å². The maximum absolute atomic E-state index is 6.11. The van der Waals surface area contributed by atoms with Gasteiger partial charge in [-0.1, -0.05) is 31.4 Å². The molecule has 18 heavy (non-hydrogen) atoms. The third kappa shape index (κ3) is 3.18. The van der Waals surface area contributed by atoms with Crippen LogP contribution in [0.25, 0.3) is 0 Å². The van der Waals surface area contributed by atoms with Crippen LogP contribution in [0.2, 0.25) is 5.02 Å². The van der Waals surface area contributed by atoms with Gasteiger partial charge < -0.3 is 10.2 Å². The Morgan fingerprint density at radius 2 is 2.06 bits per heavy atom. The van der Waals surface area contributed by atoms with E-state index in [0.29, 0.717) is 6.04 Å². The Morgan fingerprint density at radius 1 is 1.33 bits per heavy atom. The number of benzene rings is 1. The van der Waals surface area contributed by atoms with Gasteiger partial charge in [0.15, 0.2) is 0 Å². The van der Waals surface area contributed by atoms with Crippen LogP contribution in [0.4, 0.5) is 5.69 Å². The van der Waals surface area contributed by atoms with Gasteiger partial charge in [-0.25, -0.2) is 0 Å². The zero-order chi connectivity index (χ0) is 13.0. The second kappa shape index (κ2) is 6.44. The summed E-state index contributed by atoms with van der Waals surface area (Å²) in [6.07, 6.45) is 5.37. The lowest BCUT2D eigenvalue weighted by Gasteiger charge is -2.29. The van der Waals surface area contributed by atoms with Crippen molar-refractivity contribution in [3.63, 3.8) is 0 Å². The van der Waals surface area contributed by atoms with Gasteiger partial charge in [-0.3, -0.25) is 0 Å². The molecule has 0 heterocycles. The highest BCUT2D eigenvalue weighted by Gasteiger charge is 2.21. The number of nitrogens with zero attached hydrogens (tertiary/aromatic N) is 1. The van der Waals surface area contributed by atoms with Crippen LogP contribution in [0.3, 0.4) is 0 Å². The monoisotopic (exact) mass is 266 g/mol. The van der Waals surface area contributed by atoms with E-state index in [1.54, 1.807) is 0 Å². The molecular weight excluding hydrogens is 244 g/mol. The van der Waals surface area contributed by atoms with Crippen LogP contribution in [0, 0.1) is 0 Å². The molecule has 1 saturated carbocycles. The molecule has 0 atom stereocenters. The lowest BCUT2D eigenvalue weighted by molar-refractivity contribution is 0.645. The fourth-order valence-electron chi connectivity index (χ4n) is 2.79. The van der Waals surface area contributed by atoms with E-state index < -0.39 is 0 Å². The minimum atomic E-state index is 0.701. The third-order valence-electron chi connectivity index (χ3n) is 3.86. The fraction of sp³-hybridized carbons (Fsp3) is 0.600. The number of anilines is 1. The predicted octanol–water partition coefficient (Wildman–Crippen LogP) is 3.83. The van der Waals surface area contributed by atoms with Crippen LogP contribution in [0.15, 0.2) is 18.2 Å². The van der Waals surface area contributed by atoms with Gasteiger partial charge >= 0.3 is 0 Å². The van der Waals surface area contributed by atoms with Crippen molar-refractivity contribution in [3.8, 4) is 0 Å². The first-order valence-corrected chi connectivity index (χ1v) is 7.32. The Labute approximate surface area is 115 Å². The second-order valence-electron chi connectivity index (χ2n) is 5.10. The number of hydrogen-bond acceptors (Lipinski definition) is 2. The Morgan fingerprint density at radius 3 is 2.72 bits per heavy atom. The number of nitrogens with one attached hydrogen (secondary N) is 1. The minimum Gasteiger partial charge on any atom is -0.371 e. The molecule has 0 unspecified atom stereocenters. The van der Waals surface area contributed by atoms with Crippen LogP contribution in [0.5, 0.6) is 0 Å². The normalized spacial score (nSPS) is 16.2. The van der Waals surface area contributed by atoms with Crippen molar-refractivity contribution >= 4 is 17.3 Å². The van der Waals surface area contributed by atoms with Gasteiger partial charge in [-0.15, -0.1) is 0 Å². The summed E-state index contributed by atoms with van der Waals surface area (Å²) in [5, 5.41) is 4.22. The van der Waals surface area contributed by atoms with E-state index in [2.05, 4.69) is 36.3 Å². The maximum Gasteiger partial charge on any atom is 0.0412 e. The molecule has 0 radical (unpaired) electrons. The Kier molecular flexibility index (Phi) is 4.90. The van der Waals surface area contributed by atoms with Crippen molar-refractivity contribution in [1.82, 2.24) is 5.32 Å². The summed E-state index contributed by atoms with van der Waals surface area (Å²) in [5.74, 6) is 0. The molecule has 0 saturated heterocycles. The van der Waals surface area contributed by atoms with Crippen LogP contribution >= 0.6 is 11.6 Å². The van der Waals surface area contributed by atoms with E-state index in [1.165, 1.54) is 36.9 Å². The van der Waals surface area contributed by atoms with E-state index in [1.807, 2.05) is 6.07 Å². The number of hydrogen-bond donors (Lipinski definition) is 1. The van der Waals surface area contributed by atoms with E-state index in [9.17, 15) is 0 Å². The number of rotatable bonds is 5. The van der Waals surface area contributed by atoms with Crippen LogP contribution < -0.4 is 10.2 Å². The van der Waals surface area contributed by atoms with E-state index in [-0.39, 0.29) is 0 Å². The molecule has 2 rings (SSSR count). The van der Waals surface area contributed by atoms with E-state index >= 15 is 0 Å². The molecule has 0 bridgehead atoms. The highest BCUT2D eigenvalue weighted by Crippen LogP contribution is 2.30. The summed E-state index contributed by atoms with van der Waals surface area (Å²) in [4.78, 5) is 2.44. The van der Waals surface area contributed by atoms with Gasteiger partial charge in [-0.2, -0.15) is 0 Å². The van der Waals surface area contributed by atoms with E-state index in [0.717, 1.165) is 18.1 Å². The predicted molar refractivity (Wildman–Crippen MR) is 79.5 cm³/mol. The molecule has 0 spiro atoms. The summed E-state index contributed by atoms with van der Waals surface area (Å²) in [6, 6.07) is 6.95. The van der Waals surface area contributed by atoms with Gasteiger partial charge in [0, 0.05) is 30.3 Å². The Bertz CT molecular complexity index is 386. The van der Waals surface area contributed by atoms with Crippen molar-refractivity contribution in [1.29, 1.82) is 0 Å². The molecule has 0 aromatic heterocycles. The van der Waals surface area contributed by atoms with Crippen molar-refractivity contribution < 1.29 is 0 Å². The zero-order valence-electron chi connectivity index (χ0n) is 11.4. The summed E-state index contributed by atoms with van der Waals surface area (Å²) in [6.45, 7) is 4.01. The topological polar surface area (TPSA) is 15.3 Å². The lowest BCUT2D eigenvalue weighted by atomic mass is 10.1. The van der Waals surface area contributed by atoms with Crippen molar-refractivity contribution in [2.75, 3.05) is 18.5 Å². The highest BCUT2D eigenvalue weighted by atomic mass is 35.5. The van der Waals surface area contributed by atoms with Crippen LogP contribution in [-0.4, -0.2) is 19.6 Å². The molecule has 1 aromatic carbocycles. The number of halogens is 1. The molecule has 100 valence electrons. The quantitative estimate of drug-likeness (QED) is 0.871. The first kappa shape index (κ1) is 13.7. The molecule has 1 aliphatic rings. The van der Waals surface area contributed by atoms with Gasteiger partial charge in [-0.05, 0) is 43.1 Å². The van der Waals surface area contributed by atoms with E-state index in [4.69, 9.17) is 11.6 Å². The lowest BCUT2D eigenvalue weighted by Crippen LogP contribution is -2.30. The Balaban J connectivity index is 2.18. The SMILES string of the molecule is CCNCc1cc(Cl)ccc1N(C)C1CCCC1. The molecule has 0 amide bonds. The highest BCUT2D eigenvalue weighted by molar-refractivity contribution is 6.30.